The van der Waals surface area contributed by atoms with E-state index in [1.54, 1.807) is 0 Å². The third kappa shape index (κ3) is 4.98. The van der Waals surface area contributed by atoms with Gasteiger partial charge in [0.2, 0.25) is 0 Å². The summed E-state index contributed by atoms with van der Waals surface area (Å²) < 4.78 is 29.4. The van der Waals surface area contributed by atoms with E-state index in [1.165, 1.54) is 0 Å². The van der Waals surface area contributed by atoms with Gasteiger partial charge in [-0.05, 0) is 0 Å². The second-order valence-electron chi connectivity index (χ2n) is 10.0. The first-order valence-corrected chi connectivity index (χ1v) is 17.8. The van der Waals surface area contributed by atoms with Gasteiger partial charge in [0.15, 0.2) is 0 Å². The van der Waals surface area contributed by atoms with Crippen molar-refractivity contribution >= 4 is 42.8 Å². The first-order valence-electron chi connectivity index (χ1n) is 14.0. The molecule has 206 valence electrons. The molecule has 5 rings (SSSR count). The fourth-order valence-electron chi connectivity index (χ4n) is 5.44. The van der Waals surface area contributed by atoms with Gasteiger partial charge in [-0.15, -0.1) is 0 Å². The molecule has 5 nitrogen and oxygen atoms in total. The second kappa shape index (κ2) is 11.5. The monoisotopic (exact) mass is 611 g/mol. The van der Waals surface area contributed by atoms with Crippen molar-refractivity contribution < 1.29 is 18.5 Å². The molecule has 39 heavy (non-hydrogen) atoms. The topological polar surface area (TPSA) is 40.2 Å². The summed E-state index contributed by atoms with van der Waals surface area (Å²) >= 11 is 3.46. The number of hydrogen-bond donors (Lipinski definition) is 0. The molecule has 2 unspecified atom stereocenters. The third-order valence-electron chi connectivity index (χ3n) is 7.57. The SMILES string of the molecule is CCOc1cc2ccccc2c2c1OP(=[Se])(N(C(C)CC)C(C)CC)Oc1c(OCC)cc3ccccc3c1-2. The van der Waals surface area contributed by atoms with E-state index >= 15 is 0 Å². The van der Waals surface area contributed by atoms with E-state index in [9.17, 15) is 0 Å². The van der Waals surface area contributed by atoms with Crippen molar-refractivity contribution in [2.75, 3.05) is 13.2 Å². The Bertz CT molecular complexity index is 1440. The second-order valence-corrected chi connectivity index (χ2v) is 14.7. The third-order valence-corrected chi connectivity index (χ3v) is 11.9. The molecule has 1 aliphatic rings. The standard InChI is InChI=1S/C32H38NO4PSe/c1-7-21(5)33(22(6)8-2)38(39)36-31-27(34-9-3)19-23-15-11-13-17-25(23)29(31)30-26-18-14-12-16-24(26)20-28(35-10-4)32(30)37-38/h11-22H,7-10H2,1-6H3. The fourth-order valence-corrected chi connectivity index (χ4v) is 10.8. The first-order chi connectivity index (χ1) is 18.9. The normalized spacial score (nSPS) is 15.6. The molecular formula is C32H38NO4PSe. The summed E-state index contributed by atoms with van der Waals surface area (Å²) in [5, 5.41) is 4.36. The van der Waals surface area contributed by atoms with E-state index in [2.05, 4.69) is 108 Å². The Hall–Kier alpha value is -2.49. The maximum absolute atomic E-state index is 7.19. The van der Waals surface area contributed by atoms with Crippen LogP contribution < -0.4 is 18.5 Å². The minimum atomic E-state index is -2.84. The molecule has 0 N–H and O–H groups in total. The van der Waals surface area contributed by atoms with Gasteiger partial charge in [0.05, 0.1) is 0 Å². The van der Waals surface area contributed by atoms with E-state index in [1.807, 2.05) is 13.8 Å². The Kier molecular flexibility index (Phi) is 8.31. The number of nitrogens with zero attached hydrogens (tertiary/aromatic N) is 1. The van der Waals surface area contributed by atoms with Gasteiger partial charge in [0.1, 0.15) is 0 Å². The van der Waals surface area contributed by atoms with Crippen molar-refractivity contribution in [3.05, 3.63) is 60.7 Å². The molecule has 0 spiro atoms. The van der Waals surface area contributed by atoms with Crippen LogP contribution in [0.2, 0.25) is 0 Å². The fraction of sp³-hybridized carbons (Fsp3) is 0.375. The summed E-state index contributed by atoms with van der Waals surface area (Å²) in [6, 6.07) is 21.5. The van der Waals surface area contributed by atoms with Crippen LogP contribution in [0.15, 0.2) is 60.7 Å². The van der Waals surface area contributed by atoms with Crippen molar-refractivity contribution in [2.24, 2.45) is 0 Å². The molecule has 0 amide bonds. The molecule has 7 heteroatoms. The molecule has 4 aromatic carbocycles. The first kappa shape index (κ1) is 28.1. The number of hydrogen-bond acceptors (Lipinski definition) is 5. The molecule has 0 fully saturated rings. The van der Waals surface area contributed by atoms with Crippen molar-refractivity contribution in [2.45, 2.75) is 66.5 Å². The van der Waals surface area contributed by atoms with Crippen LogP contribution in [0.3, 0.4) is 0 Å². The van der Waals surface area contributed by atoms with Crippen molar-refractivity contribution in [1.82, 2.24) is 4.67 Å². The average molecular weight is 611 g/mol. The summed E-state index contributed by atoms with van der Waals surface area (Å²) in [5.74, 6) is 2.89. The summed E-state index contributed by atoms with van der Waals surface area (Å²) in [6.07, 6.45) is -0.907. The van der Waals surface area contributed by atoms with E-state index in [0.717, 1.165) is 68.5 Å². The van der Waals surface area contributed by atoms with Gasteiger partial charge >= 0.3 is 240 Å². The Labute approximate surface area is 239 Å². The van der Waals surface area contributed by atoms with Crippen LogP contribution in [0.5, 0.6) is 23.0 Å². The number of ether oxygens (including phenoxy) is 2. The Balaban J connectivity index is 1.97. The summed E-state index contributed by atoms with van der Waals surface area (Å²) in [7, 11) is 0. The van der Waals surface area contributed by atoms with Crippen molar-refractivity contribution in [1.29, 1.82) is 0 Å². The van der Waals surface area contributed by atoms with E-state index in [0.29, 0.717) is 13.2 Å². The van der Waals surface area contributed by atoms with Gasteiger partial charge in [-0.3, -0.25) is 0 Å². The van der Waals surface area contributed by atoms with Crippen molar-refractivity contribution in [3.8, 4) is 34.1 Å². The molecule has 0 saturated carbocycles. The summed E-state index contributed by atoms with van der Waals surface area (Å²) in [6.45, 7) is 14.0. The Morgan fingerprint density at radius 1 is 0.718 bits per heavy atom. The van der Waals surface area contributed by atoms with Gasteiger partial charge in [-0.25, -0.2) is 0 Å². The number of benzene rings is 4. The minimum absolute atomic E-state index is 0.228. The van der Waals surface area contributed by atoms with Crippen LogP contribution >= 0.6 is 6.11 Å². The number of fused-ring (bicyclic) bond motifs is 7. The van der Waals surface area contributed by atoms with Crippen LogP contribution in [0.25, 0.3) is 32.7 Å². The maximum atomic E-state index is 7.19. The molecule has 0 aromatic heterocycles. The predicted octanol–water partition coefficient (Wildman–Crippen LogP) is 8.97. The van der Waals surface area contributed by atoms with Crippen LogP contribution in [0, 0.1) is 0 Å². The van der Waals surface area contributed by atoms with Crippen LogP contribution in [0.4, 0.5) is 0 Å². The molecule has 2 atom stereocenters. The molecule has 0 bridgehead atoms. The van der Waals surface area contributed by atoms with Gasteiger partial charge in [-0.1, -0.05) is 0 Å². The predicted molar refractivity (Wildman–Crippen MR) is 165 cm³/mol. The zero-order valence-corrected chi connectivity index (χ0v) is 26.3. The van der Waals surface area contributed by atoms with Crippen LogP contribution in [0.1, 0.15) is 54.4 Å². The molecular weight excluding hydrogens is 572 g/mol. The van der Waals surface area contributed by atoms with Crippen LogP contribution in [-0.4, -0.2) is 45.1 Å². The van der Waals surface area contributed by atoms with Crippen molar-refractivity contribution in [3.63, 3.8) is 0 Å². The Morgan fingerprint density at radius 2 is 1.13 bits per heavy atom. The van der Waals surface area contributed by atoms with E-state index in [4.69, 9.17) is 18.5 Å². The molecule has 1 aliphatic heterocycles. The summed E-state index contributed by atoms with van der Waals surface area (Å²) in [5.41, 5.74) is 1.96. The molecule has 1 heterocycles. The zero-order chi connectivity index (χ0) is 27.7. The molecule has 0 aliphatic carbocycles. The van der Waals surface area contributed by atoms with Gasteiger partial charge in [-0.2, -0.15) is 0 Å². The van der Waals surface area contributed by atoms with E-state index in [-0.39, 0.29) is 12.1 Å². The quantitative estimate of drug-likeness (QED) is 0.140. The number of rotatable bonds is 9. The van der Waals surface area contributed by atoms with E-state index < -0.39 is 6.11 Å². The zero-order valence-electron chi connectivity index (χ0n) is 23.7. The molecule has 0 saturated heterocycles. The molecule has 0 radical (unpaired) electrons. The summed E-state index contributed by atoms with van der Waals surface area (Å²) in [4.78, 5) is 0. The Morgan fingerprint density at radius 3 is 1.51 bits per heavy atom. The van der Waals surface area contributed by atoms with Gasteiger partial charge in [0.25, 0.3) is 0 Å². The van der Waals surface area contributed by atoms with Crippen LogP contribution in [-0.2, 0) is 0 Å². The average Bonchev–Trinajstić information content (AvgIpc) is 3.08. The molecule has 4 aromatic rings. The van der Waals surface area contributed by atoms with Gasteiger partial charge in [0, 0.05) is 0 Å². The van der Waals surface area contributed by atoms with Gasteiger partial charge < -0.3 is 0 Å².